The topological polar surface area (TPSA) is 92.8 Å². The van der Waals surface area contributed by atoms with Crippen LogP contribution in [-0.2, 0) is 25.7 Å². The van der Waals surface area contributed by atoms with Crippen molar-refractivity contribution < 1.29 is 23.9 Å². The maximum atomic E-state index is 12.1. The predicted octanol–water partition coefficient (Wildman–Crippen LogP) is 3.44. The normalized spacial score (nSPS) is 13.5. The van der Waals surface area contributed by atoms with Gasteiger partial charge >= 0.3 is 5.97 Å². The van der Waals surface area contributed by atoms with Crippen LogP contribution in [0.15, 0.2) is 42.5 Å². The molecular weight excluding hydrogens is 419 g/mol. The van der Waals surface area contributed by atoms with Crippen molar-refractivity contribution in [1.82, 2.24) is 4.90 Å². The highest BCUT2D eigenvalue weighted by atomic mass is 35.5. The molecule has 2 aromatic rings. The number of rotatable bonds is 6. The Kier molecular flexibility index (Phi) is 6.51. The first-order valence-electron chi connectivity index (χ1n) is 8.67. The van der Waals surface area contributed by atoms with Crippen molar-refractivity contribution in [3.05, 3.63) is 63.6 Å². The molecule has 1 saturated heterocycles. The summed E-state index contributed by atoms with van der Waals surface area (Å²) in [6.07, 6.45) is 0.456. The molecule has 1 N–H and O–H groups in total. The third kappa shape index (κ3) is 5.34. The number of nitrogens with one attached hydrogen (secondary N) is 1. The number of nitrogens with zero attached hydrogens (tertiary/aromatic N) is 1. The average molecular weight is 435 g/mol. The molecule has 150 valence electrons. The molecule has 0 aliphatic carbocycles. The maximum Gasteiger partial charge on any atom is 0.338 e. The molecule has 1 fully saturated rings. The Morgan fingerprint density at radius 1 is 1.00 bits per heavy atom. The number of ether oxygens (including phenoxy) is 1. The van der Waals surface area contributed by atoms with Crippen LogP contribution < -0.4 is 5.32 Å². The molecule has 1 heterocycles. The van der Waals surface area contributed by atoms with Crippen molar-refractivity contribution in [2.75, 3.05) is 11.9 Å². The fourth-order valence-corrected chi connectivity index (χ4v) is 3.06. The van der Waals surface area contributed by atoms with E-state index in [2.05, 4.69) is 5.32 Å². The Morgan fingerprint density at radius 2 is 1.66 bits per heavy atom. The molecule has 3 amide bonds. The summed E-state index contributed by atoms with van der Waals surface area (Å²) >= 11 is 11.8. The number of benzene rings is 2. The number of imide groups is 1. The summed E-state index contributed by atoms with van der Waals surface area (Å²) in [6, 6.07) is 10.9. The monoisotopic (exact) mass is 434 g/mol. The van der Waals surface area contributed by atoms with Crippen LogP contribution in [0.5, 0.6) is 0 Å². The minimum Gasteiger partial charge on any atom is -0.452 e. The Morgan fingerprint density at radius 3 is 2.31 bits per heavy atom. The van der Waals surface area contributed by atoms with E-state index in [1.54, 1.807) is 18.2 Å². The van der Waals surface area contributed by atoms with Gasteiger partial charge in [0.2, 0.25) is 11.8 Å². The number of hydrogen-bond acceptors (Lipinski definition) is 5. The fraction of sp³-hybridized carbons (Fsp3) is 0.200. The standard InChI is InChI=1S/C20H16Cl2N2O5/c21-14-5-6-15(22)16(9-14)23-17(25)11-29-20(28)13-3-1-12(2-4-13)10-24-18(26)7-8-19(24)27/h1-6,9H,7-8,10-11H2,(H,23,25). The van der Waals surface area contributed by atoms with Gasteiger partial charge in [0.05, 0.1) is 22.8 Å². The van der Waals surface area contributed by atoms with Crippen molar-refractivity contribution in [1.29, 1.82) is 0 Å². The molecule has 9 heteroatoms. The smallest absolute Gasteiger partial charge is 0.338 e. The number of carbonyl (C=O) groups is 4. The van der Waals surface area contributed by atoms with E-state index in [1.165, 1.54) is 29.2 Å². The Labute approximate surface area is 176 Å². The lowest BCUT2D eigenvalue weighted by Crippen LogP contribution is -2.28. The SMILES string of the molecule is O=C(COC(=O)c1ccc(CN2C(=O)CCC2=O)cc1)Nc1cc(Cl)ccc1Cl. The van der Waals surface area contributed by atoms with Gasteiger partial charge in [-0.3, -0.25) is 19.3 Å². The minimum absolute atomic E-state index is 0.162. The Hall–Kier alpha value is -2.90. The number of likely N-dealkylation sites (tertiary alicyclic amines) is 1. The highest BCUT2D eigenvalue weighted by molar-refractivity contribution is 6.35. The fourth-order valence-electron chi connectivity index (χ4n) is 2.72. The lowest BCUT2D eigenvalue weighted by atomic mass is 10.1. The Bertz CT molecular complexity index is 959. The van der Waals surface area contributed by atoms with E-state index in [9.17, 15) is 19.2 Å². The number of anilines is 1. The summed E-state index contributed by atoms with van der Waals surface area (Å²) in [4.78, 5) is 48.6. The van der Waals surface area contributed by atoms with Crippen LogP contribution in [0, 0.1) is 0 Å². The van der Waals surface area contributed by atoms with E-state index in [4.69, 9.17) is 27.9 Å². The summed E-state index contributed by atoms with van der Waals surface area (Å²) in [5.41, 5.74) is 1.26. The molecule has 1 aliphatic heterocycles. The van der Waals surface area contributed by atoms with Gasteiger partial charge in [-0.05, 0) is 35.9 Å². The molecular formula is C20H16Cl2N2O5. The van der Waals surface area contributed by atoms with Gasteiger partial charge in [-0.1, -0.05) is 35.3 Å². The van der Waals surface area contributed by atoms with E-state index >= 15 is 0 Å². The van der Waals surface area contributed by atoms with E-state index < -0.39 is 18.5 Å². The summed E-state index contributed by atoms with van der Waals surface area (Å²) < 4.78 is 4.99. The summed E-state index contributed by atoms with van der Waals surface area (Å²) in [7, 11) is 0. The molecule has 0 radical (unpaired) electrons. The number of hydrogen-bond donors (Lipinski definition) is 1. The zero-order valence-corrected chi connectivity index (χ0v) is 16.6. The van der Waals surface area contributed by atoms with Gasteiger partial charge in [-0.25, -0.2) is 4.79 Å². The quantitative estimate of drug-likeness (QED) is 0.555. The molecule has 0 bridgehead atoms. The minimum atomic E-state index is -0.683. The van der Waals surface area contributed by atoms with Crippen LogP contribution in [-0.4, -0.2) is 35.2 Å². The highest BCUT2D eigenvalue weighted by Crippen LogP contribution is 2.25. The summed E-state index contributed by atoms with van der Waals surface area (Å²) in [6.45, 7) is -0.337. The largest absolute Gasteiger partial charge is 0.452 e. The molecule has 1 aliphatic rings. The van der Waals surface area contributed by atoms with Gasteiger partial charge in [0.25, 0.3) is 5.91 Å². The van der Waals surface area contributed by atoms with Crippen LogP contribution in [0.1, 0.15) is 28.8 Å². The van der Waals surface area contributed by atoms with Gasteiger partial charge in [0.1, 0.15) is 0 Å². The van der Waals surface area contributed by atoms with Gasteiger partial charge < -0.3 is 10.1 Å². The predicted molar refractivity (Wildman–Crippen MR) is 107 cm³/mol. The molecule has 0 atom stereocenters. The van der Waals surface area contributed by atoms with E-state index in [0.717, 1.165) is 0 Å². The number of carbonyl (C=O) groups excluding carboxylic acids is 4. The van der Waals surface area contributed by atoms with Gasteiger partial charge in [-0.15, -0.1) is 0 Å². The van der Waals surface area contributed by atoms with Crippen molar-refractivity contribution in [3.63, 3.8) is 0 Å². The van der Waals surface area contributed by atoms with Crippen LogP contribution in [0.3, 0.4) is 0 Å². The van der Waals surface area contributed by atoms with Crippen LogP contribution in [0.4, 0.5) is 5.69 Å². The first kappa shape index (κ1) is 20.8. The van der Waals surface area contributed by atoms with E-state index in [1.807, 2.05) is 0 Å². The number of amides is 3. The van der Waals surface area contributed by atoms with E-state index in [0.29, 0.717) is 21.3 Å². The molecule has 0 spiro atoms. The first-order chi connectivity index (χ1) is 13.8. The number of esters is 1. The third-order valence-corrected chi connectivity index (χ3v) is 4.79. The van der Waals surface area contributed by atoms with Crippen molar-refractivity contribution >= 4 is 52.6 Å². The van der Waals surface area contributed by atoms with Crippen LogP contribution in [0.25, 0.3) is 0 Å². The molecule has 2 aromatic carbocycles. The van der Waals surface area contributed by atoms with Gasteiger partial charge in [0.15, 0.2) is 6.61 Å². The lowest BCUT2D eigenvalue weighted by Gasteiger charge is -2.13. The lowest BCUT2D eigenvalue weighted by molar-refractivity contribution is -0.139. The molecule has 0 aromatic heterocycles. The average Bonchev–Trinajstić information content (AvgIpc) is 3.01. The van der Waals surface area contributed by atoms with Crippen LogP contribution in [0.2, 0.25) is 10.0 Å². The van der Waals surface area contributed by atoms with Crippen LogP contribution >= 0.6 is 23.2 Å². The summed E-state index contributed by atoms with van der Waals surface area (Å²) in [5.74, 6) is -1.66. The second-order valence-corrected chi connectivity index (χ2v) is 7.16. The molecule has 29 heavy (non-hydrogen) atoms. The molecule has 0 saturated carbocycles. The zero-order valence-electron chi connectivity index (χ0n) is 15.1. The van der Waals surface area contributed by atoms with E-state index in [-0.39, 0.29) is 36.8 Å². The number of halogens is 2. The summed E-state index contributed by atoms with van der Waals surface area (Å²) in [5, 5.41) is 3.22. The maximum absolute atomic E-state index is 12.1. The third-order valence-electron chi connectivity index (χ3n) is 4.22. The second-order valence-electron chi connectivity index (χ2n) is 6.32. The molecule has 3 rings (SSSR count). The van der Waals surface area contributed by atoms with Gasteiger partial charge in [0, 0.05) is 17.9 Å². The highest BCUT2D eigenvalue weighted by Gasteiger charge is 2.28. The second kappa shape index (κ2) is 9.07. The zero-order chi connectivity index (χ0) is 21.0. The van der Waals surface area contributed by atoms with Crippen molar-refractivity contribution in [2.45, 2.75) is 19.4 Å². The molecule has 0 unspecified atom stereocenters. The van der Waals surface area contributed by atoms with Crippen molar-refractivity contribution in [3.8, 4) is 0 Å². The first-order valence-corrected chi connectivity index (χ1v) is 9.43. The van der Waals surface area contributed by atoms with Crippen molar-refractivity contribution in [2.24, 2.45) is 0 Å². The van der Waals surface area contributed by atoms with Gasteiger partial charge in [-0.2, -0.15) is 0 Å². The Balaban J connectivity index is 1.52. The molecule has 7 nitrogen and oxygen atoms in total.